The lowest BCUT2D eigenvalue weighted by Gasteiger charge is -2.18. The molecule has 2 N–H and O–H groups in total. The van der Waals surface area contributed by atoms with Crippen LogP contribution in [0.3, 0.4) is 0 Å². The number of aromatic carboxylic acids is 1. The van der Waals surface area contributed by atoms with Crippen molar-refractivity contribution in [3.63, 3.8) is 0 Å². The van der Waals surface area contributed by atoms with E-state index in [-0.39, 0.29) is 16.7 Å². The molecule has 0 saturated carbocycles. The molecule has 1 aromatic heterocycles. The van der Waals surface area contributed by atoms with Crippen LogP contribution in [0.5, 0.6) is 0 Å². The van der Waals surface area contributed by atoms with Gasteiger partial charge in [-0.25, -0.2) is 9.78 Å². The summed E-state index contributed by atoms with van der Waals surface area (Å²) in [5, 5.41) is 11.8. The van der Waals surface area contributed by atoms with Crippen LogP contribution in [0.15, 0.2) is 59.3 Å². The normalized spacial score (nSPS) is 16.3. The summed E-state index contributed by atoms with van der Waals surface area (Å²) in [6, 6.07) is 14.6. The smallest absolute Gasteiger partial charge is 0.335 e. The number of nitrogens with zero attached hydrogens (tertiary/aromatic N) is 2. The predicted octanol–water partition coefficient (Wildman–Crippen LogP) is 4.11. The molecule has 2 heterocycles. The minimum atomic E-state index is -0.965. The molecule has 0 spiro atoms. The van der Waals surface area contributed by atoms with E-state index in [4.69, 9.17) is 5.11 Å². The Morgan fingerprint density at radius 2 is 1.89 bits per heavy atom. The highest BCUT2D eigenvalue weighted by Crippen LogP contribution is 2.42. The molecule has 3 aromatic rings. The molecule has 136 valence electrons. The number of benzene rings is 2. The van der Waals surface area contributed by atoms with Gasteiger partial charge in [-0.2, -0.15) is 0 Å². The van der Waals surface area contributed by atoms with Crippen molar-refractivity contribution in [3.05, 3.63) is 76.2 Å². The van der Waals surface area contributed by atoms with Gasteiger partial charge in [0.1, 0.15) is 6.33 Å². The second-order valence-corrected chi connectivity index (χ2v) is 8.00. The van der Waals surface area contributed by atoms with Crippen molar-refractivity contribution in [2.75, 3.05) is 11.1 Å². The van der Waals surface area contributed by atoms with Gasteiger partial charge in [0, 0.05) is 10.2 Å². The van der Waals surface area contributed by atoms with Gasteiger partial charge in [-0.3, -0.25) is 9.36 Å². The third kappa shape index (κ3) is 3.50. The molecule has 4 rings (SSSR count). The first-order valence-electron chi connectivity index (χ1n) is 8.11. The van der Waals surface area contributed by atoms with E-state index in [1.54, 1.807) is 30.6 Å². The number of fused-ring (bicyclic) bond motifs is 1. The summed E-state index contributed by atoms with van der Waals surface area (Å²) in [5.41, 5.74) is 2.93. The van der Waals surface area contributed by atoms with Crippen LogP contribution < -0.4 is 5.32 Å². The lowest BCUT2D eigenvalue weighted by molar-refractivity contribution is -0.113. The number of amides is 1. The zero-order valence-corrected chi connectivity index (χ0v) is 16.3. The zero-order chi connectivity index (χ0) is 19.0. The molecule has 6 nitrogen and oxygen atoms in total. The molecule has 27 heavy (non-hydrogen) atoms. The van der Waals surface area contributed by atoms with Gasteiger partial charge in [-0.15, -0.1) is 11.8 Å². The molecular formula is C19H14BrN3O3S. The fourth-order valence-electron chi connectivity index (χ4n) is 2.97. The summed E-state index contributed by atoms with van der Waals surface area (Å²) in [5.74, 6) is -0.248. The minimum absolute atomic E-state index is 0.105. The van der Waals surface area contributed by atoms with Crippen molar-refractivity contribution in [3.8, 4) is 5.69 Å². The summed E-state index contributed by atoms with van der Waals surface area (Å²) >= 11 is 4.93. The van der Waals surface area contributed by atoms with Gasteiger partial charge < -0.3 is 10.4 Å². The predicted molar refractivity (Wildman–Crippen MR) is 108 cm³/mol. The Kier molecular flexibility index (Phi) is 4.75. The number of imidazole rings is 1. The minimum Gasteiger partial charge on any atom is -0.478 e. The first-order chi connectivity index (χ1) is 13.0. The monoisotopic (exact) mass is 443 g/mol. The second-order valence-electron chi connectivity index (χ2n) is 5.99. The van der Waals surface area contributed by atoms with Crippen molar-refractivity contribution in [2.24, 2.45) is 0 Å². The highest BCUT2D eigenvalue weighted by Gasteiger charge is 2.29. The molecule has 0 saturated heterocycles. The first-order valence-corrected chi connectivity index (χ1v) is 9.95. The number of aromatic nitrogens is 2. The maximum Gasteiger partial charge on any atom is 0.335 e. The number of carbonyl (C=O) groups excluding carboxylic acids is 1. The summed E-state index contributed by atoms with van der Waals surface area (Å²) in [7, 11) is 0. The third-order valence-electron chi connectivity index (χ3n) is 4.26. The number of carbonyl (C=O) groups is 2. The number of carboxylic acids is 1. The number of nitrogens with one attached hydrogen (secondary N) is 1. The number of thioether (sulfide) groups is 1. The third-order valence-corrected chi connectivity index (χ3v) is 6.04. The number of carboxylic acid groups (broad SMARTS) is 1. The van der Waals surface area contributed by atoms with Crippen LogP contribution in [0, 0.1) is 0 Å². The first kappa shape index (κ1) is 17.8. The average molecular weight is 444 g/mol. The molecule has 0 radical (unpaired) electrons. The standard InChI is InChI=1S/C19H14BrN3O3S/c20-13-5-7-14(8-6-13)23-10-21-18-16(23)17(27-9-15(24)22-18)11-1-3-12(4-2-11)19(25)26/h1-8,10,17H,9H2,(H,22,24)(H,25,26). The van der Waals surface area contributed by atoms with Crippen LogP contribution in [-0.4, -0.2) is 32.3 Å². The largest absolute Gasteiger partial charge is 0.478 e. The van der Waals surface area contributed by atoms with E-state index >= 15 is 0 Å². The van der Waals surface area contributed by atoms with Crippen LogP contribution in [0.4, 0.5) is 5.82 Å². The van der Waals surface area contributed by atoms with Crippen LogP contribution in [-0.2, 0) is 4.79 Å². The van der Waals surface area contributed by atoms with Crippen LogP contribution in [0.25, 0.3) is 5.69 Å². The molecular weight excluding hydrogens is 430 g/mol. The molecule has 1 amide bonds. The summed E-state index contributed by atoms with van der Waals surface area (Å²) < 4.78 is 2.93. The molecule has 1 unspecified atom stereocenters. The Labute approximate surface area is 167 Å². The van der Waals surface area contributed by atoms with Crippen molar-refractivity contribution in [1.82, 2.24) is 9.55 Å². The zero-order valence-electron chi connectivity index (χ0n) is 13.9. The van der Waals surface area contributed by atoms with Gasteiger partial charge in [0.05, 0.1) is 22.3 Å². The van der Waals surface area contributed by atoms with E-state index in [1.807, 2.05) is 28.8 Å². The van der Waals surface area contributed by atoms with Crippen molar-refractivity contribution < 1.29 is 14.7 Å². The maximum absolute atomic E-state index is 12.1. The van der Waals surface area contributed by atoms with E-state index in [0.717, 1.165) is 21.4 Å². The maximum atomic E-state index is 12.1. The molecule has 0 fully saturated rings. The molecule has 2 aromatic carbocycles. The van der Waals surface area contributed by atoms with Gasteiger partial charge in [0.15, 0.2) is 5.82 Å². The van der Waals surface area contributed by atoms with Crippen molar-refractivity contribution in [1.29, 1.82) is 0 Å². The van der Waals surface area contributed by atoms with Crippen LogP contribution in [0.2, 0.25) is 0 Å². The molecule has 1 aliphatic rings. The fraction of sp³-hybridized carbons (Fsp3) is 0.105. The summed E-state index contributed by atoms with van der Waals surface area (Å²) in [4.78, 5) is 27.6. The van der Waals surface area contributed by atoms with Gasteiger partial charge in [-0.05, 0) is 42.0 Å². The Morgan fingerprint density at radius 1 is 1.19 bits per heavy atom. The number of hydrogen-bond donors (Lipinski definition) is 2. The summed E-state index contributed by atoms with van der Waals surface area (Å²) in [6.07, 6.45) is 1.69. The fourth-order valence-corrected chi connectivity index (χ4v) is 4.36. The van der Waals surface area contributed by atoms with E-state index in [2.05, 4.69) is 26.2 Å². The van der Waals surface area contributed by atoms with E-state index in [1.165, 1.54) is 11.8 Å². The lowest BCUT2D eigenvalue weighted by Crippen LogP contribution is -2.12. The van der Waals surface area contributed by atoms with E-state index < -0.39 is 5.97 Å². The number of anilines is 1. The highest BCUT2D eigenvalue weighted by molar-refractivity contribution is 9.10. The quantitative estimate of drug-likeness (QED) is 0.636. The van der Waals surface area contributed by atoms with Crippen molar-refractivity contribution >= 4 is 45.4 Å². The Morgan fingerprint density at radius 3 is 2.56 bits per heavy atom. The number of hydrogen-bond acceptors (Lipinski definition) is 4. The molecule has 1 aliphatic heterocycles. The van der Waals surface area contributed by atoms with E-state index in [9.17, 15) is 9.59 Å². The molecule has 1 atom stereocenters. The van der Waals surface area contributed by atoms with Crippen LogP contribution in [0.1, 0.15) is 26.9 Å². The second kappa shape index (κ2) is 7.21. The van der Waals surface area contributed by atoms with E-state index in [0.29, 0.717) is 11.6 Å². The van der Waals surface area contributed by atoms with Gasteiger partial charge in [0.25, 0.3) is 0 Å². The number of halogens is 1. The molecule has 0 bridgehead atoms. The van der Waals surface area contributed by atoms with Gasteiger partial charge in [-0.1, -0.05) is 28.1 Å². The topological polar surface area (TPSA) is 84.2 Å². The van der Waals surface area contributed by atoms with Crippen molar-refractivity contribution in [2.45, 2.75) is 5.25 Å². The Balaban J connectivity index is 1.82. The summed E-state index contributed by atoms with van der Waals surface area (Å²) in [6.45, 7) is 0. The number of rotatable bonds is 3. The van der Waals surface area contributed by atoms with Crippen LogP contribution >= 0.6 is 27.7 Å². The SMILES string of the molecule is O=C1CSC(c2ccc(C(=O)O)cc2)c2c(ncn2-c2ccc(Br)cc2)N1. The lowest BCUT2D eigenvalue weighted by atomic mass is 10.1. The van der Waals surface area contributed by atoms with Gasteiger partial charge in [0.2, 0.25) is 5.91 Å². The molecule has 0 aliphatic carbocycles. The van der Waals surface area contributed by atoms with Gasteiger partial charge >= 0.3 is 5.97 Å². The highest BCUT2D eigenvalue weighted by atomic mass is 79.9. The average Bonchev–Trinajstić information content (AvgIpc) is 2.98. The Hall–Kier alpha value is -2.58. The molecule has 8 heteroatoms. The Bertz CT molecular complexity index is 1020.